The number of fused-ring (bicyclic) bond motifs is 2. The number of likely N-dealkylation sites (tertiary alicyclic amines) is 1. The third-order valence-electron chi connectivity index (χ3n) is 5.35. The Morgan fingerprint density at radius 3 is 2.44 bits per heavy atom. The van der Waals surface area contributed by atoms with Crippen LogP contribution in [0.1, 0.15) is 32.1 Å². The molecule has 2 bridgehead atoms. The van der Waals surface area contributed by atoms with Gasteiger partial charge in [0.1, 0.15) is 0 Å². The van der Waals surface area contributed by atoms with Gasteiger partial charge in [-0.2, -0.15) is 0 Å². The molecule has 4 heteroatoms. The lowest BCUT2D eigenvalue weighted by Gasteiger charge is -2.32. The largest absolute Gasteiger partial charge is 0.353 e. The number of carbonyl (C=O) groups is 1. The summed E-state index contributed by atoms with van der Waals surface area (Å²) in [5.74, 6) is 1.52. The van der Waals surface area contributed by atoms with Crippen LogP contribution < -0.4 is 11.1 Å². The summed E-state index contributed by atoms with van der Waals surface area (Å²) in [5.41, 5.74) is 6.22. The lowest BCUT2D eigenvalue weighted by molar-refractivity contribution is -0.128. The highest BCUT2D eigenvalue weighted by Crippen LogP contribution is 2.47. The molecule has 0 aromatic rings. The van der Waals surface area contributed by atoms with Gasteiger partial charge in [-0.1, -0.05) is 0 Å². The molecule has 0 spiro atoms. The van der Waals surface area contributed by atoms with Crippen molar-refractivity contribution in [2.24, 2.45) is 23.5 Å². The Balaban J connectivity index is 1.55. The van der Waals surface area contributed by atoms with Gasteiger partial charge in [-0.05, 0) is 64.1 Å². The number of amides is 1. The van der Waals surface area contributed by atoms with Crippen molar-refractivity contribution in [3.63, 3.8) is 0 Å². The molecule has 2 saturated carbocycles. The zero-order chi connectivity index (χ0) is 12.7. The molecule has 0 aromatic heterocycles. The maximum atomic E-state index is 12.4. The predicted molar refractivity (Wildman–Crippen MR) is 71.0 cm³/mol. The van der Waals surface area contributed by atoms with Gasteiger partial charge in [0.05, 0.1) is 5.92 Å². The third kappa shape index (κ3) is 2.16. The number of piperidine rings is 1. The fraction of sp³-hybridized carbons (Fsp3) is 0.929. The van der Waals surface area contributed by atoms with Crippen molar-refractivity contribution in [1.82, 2.24) is 10.2 Å². The van der Waals surface area contributed by atoms with E-state index in [1.54, 1.807) is 0 Å². The summed E-state index contributed by atoms with van der Waals surface area (Å²) in [6.07, 6.45) is 5.80. The van der Waals surface area contributed by atoms with Gasteiger partial charge in [-0.3, -0.25) is 4.79 Å². The quantitative estimate of drug-likeness (QED) is 0.754. The first-order valence-electron chi connectivity index (χ1n) is 7.39. The normalized spacial score (nSPS) is 41.2. The minimum atomic E-state index is 0.100. The zero-order valence-electron chi connectivity index (χ0n) is 11.3. The van der Waals surface area contributed by atoms with Crippen molar-refractivity contribution < 1.29 is 4.79 Å². The van der Waals surface area contributed by atoms with E-state index in [9.17, 15) is 4.79 Å². The van der Waals surface area contributed by atoms with Gasteiger partial charge >= 0.3 is 0 Å². The summed E-state index contributed by atoms with van der Waals surface area (Å²) in [6.45, 7) is 2.18. The molecule has 3 fully saturated rings. The van der Waals surface area contributed by atoms with E-state index in [1.807, 2.05) is 0 Å². The van der Waals surface area contributed by atoms with Crippen molar-refractivity contribution in [2.75, 3.05) is 20.1 Å². The second-order valence-corrected chi connectivity index (χ2v) is 6.52. The van der Waals surface area contributed by atoms with Crippen LogP contribution >= 0.6 is 0 Å². The topological polar surface area (TPSA) is 58.4 Å². The Morgan fingerprint density at radius 2 is 1.83 bits per heavy atom. The van der Waals surface area contributed by atoms with Gasteiger partial charge in [-0.15, -0.1) is 0 Å². The Bertz CT molecular complexity index is 323. The third-order valence-corrected chi connectivity index (χ3v) is 5.35. The summed E-state index contributed by atoms with van der Waals surface area (Å²) in [5, 5.41) is 3.25. The number of nitrogens with two attached hydrogens (primary N) is 1. The first-order valence-corrected chi connectivity index (χ1v) is 7.39. The molecule has 3 aliphatic rings. The van der Waals surface area contributed by atoms with Crippen LogP contribution in [-0.2, 0) is 4.79 Å². The van der Waals surface area contributed by atoms with Crippen LogP contribution in [-0.4, -0.2) is 43.0 Å². The van der Waals surface area contributed by atoms with E-state index in [0.29, 0.717) is 17.9 Å². The molecule has 4 nitrogen and oxygen atoms in total. The monoisotopic (exact) mass is 251 g/mol. The summed E-state index contributed by atoms with van der Waals surface area (Å²) >= 11 is 0. The van der Waals surface area contributed by atoms with Gasteiger partial charge in [0.15, 0.2) is 0 Å². The molecule has 3 rings (SSSR count). The van der Waals surface area contributed by atoms with Crippen molar-refractivity contribution in [1.29, 1.82) is 0 Å². The van der Waals surface area contributed by atoms with Crippen LogP contribution in [0.3, 0.4) is 0 Å². The van der Waals surface area contributed by atoms with Crippen LogP contribution in [0.2, 0.25) is 0 Å². The van der Waals surface area contributed by atoms with Crippen LogP contribution in [0.5, 0.6) is 0 Å². The zero-order valence-corrected chi connectivity index (χ0v) is 11.3. The maximum absolute atomic E-state index is 12.4. The smallest absolute Gasteiger partial charge is 0.225 e. The maximum Gasteiger partial charge on any atom is 0.225 e. The van der Waals surface area contributed by atoms with Crippen LogP contribution in [0.25, 0.3) is 0 Å². The van der Waals surface area contributed by atoms with Gasteiger partial charge in [0.2, 0.25) is 5.91 Å². The highest BCUT2D eigenvalue weighted by atomic mass is 16.2. The molecule has 3 N–H and O–H groups in total. The van der Waals surface area contributed by atoms with Crippen LogP contribution in [0.15, 0.2) is 0 Å². The van der Waals surface area contributed by atoms with Gasteiger partial charge in [-0.25, -0.2) is 0 Å². The summed E-state index contributed by atoms with van der Waals surface area (Å²) in [6, 6.07) is 0.495. The Hall–Kier alpha value is -0.610. The second-order valence-electron chi connectivity index (χ2n) is 6.52. The molecular weight excluding hydrogens is 226 g/mol. The van der Waals surface area contributed by atoms with E-state index in [0.717, 1.165) is 25.9 Å². The molecule has 18 heavy (non-hydrogen) atoms. The van der Waals surface area contributed by atoms with Crippen molar-refractivity contribution in [3.8, 4) is 0 Å². The Morgan fingerprint density at radius 1 is 1.17 bits per heavy atom. The van der Waals surface area contributed by atoms with Crippen molar-refractivity contribution in [2.45, 2.75) is 44.2 Å². The number of nitrogens with one attached hydrogen (secondary N) is 1. The molecule has 1 amide bonds. The molecule has 102 valence electrons. The molecule has 2 aliphatic carbocycles. The minimum absolute atomic E-state index is 0.100. The van der Waals surface area contributed by atoms with Gasteiger partial charge < -0.3 is 16.0 Å². The van der Waals surface area contributed by atoms with E-state index in [1.165, 1.54) is 19.3 Å². The second kappa shape index (κ2) is 4.82. The molecular formula is C14H25N3O. The summed E-state index contributed by atoms with van der Waals surface area (Å²) in [4.78, 5) is 14.7. The van der Waals surface area contributed by atoms with Crippen LogP contribution in [0.4, 0.5) is 0 Å². The average molecular weight is 251 g/mol. The SMILES string of the molecule is CN1CCC(NC(=O)C2C3CCC(C3)C2N)CC1. The van der Waals surface area contributed by atoms with E-state index in [4.69, 9.17) is 5.73 Å². The number of carbonyl (C=O) groups excluding carboxylic acids is 1. The fourth-order valence-corrected chi connectivity index (χ4v) is 4.18. The Labute approximate surface area is 109 Å². The predicted octanol–water partition coefficient (Wildman–Crippen LogP) is 0.570. The average Bonchev–Trinajstić information content (AvgIpc) is 2.92. The van der Waals surface area contributed by atoms with E-state index in [-0.39, 0.29) is 17.9 Å². The lowest BCUT2D eigenvalue weighted by Crippen LogP contribution is -2.50. The van der Waals surface area contributed by atoms with Gasteiger partial charge in [0, 0.05) is 12.1 Å². The molecule has 1 heterocycles. The highest BCUT2D eigenvalue weighted by Gasteiger charge is 2.49. The molecule has 0 aromatic carbocycles. The molecule has 4 atom stereocenters. The first kappa shape index (κ1) is 12.4. The highest BCUT2D eigenvalue weighted by molar-refractivity contribution is 5.80. The van der Waals surface area contributed by atoms with E-state index < -0.39 is 0 Å². The van der Waals surface area contributed by atoms with E-state index >= 15 is 0 Å². The molecule has 1 aliphatic heterocycles. The van der Waals surface area contributed by atoms with E-state index in [2.05, 4.69) is 17.3 Å². The molecule has 4 unspecified atom stereocenters. The summed E-state index contributed by atoms with van der Waals surface area (Å²) in [7, 11) is 2.14. The fourth-order valence-electron chi connectivity index (χ4n) is 4.18. The minimum Gasteiger partial charge on any atom is -0.353 e. The number of nitrogens with zero attached hydrogens (tertiary/aromatic N) is 1. The molecule has 0 radical (unpaired) electrons. The molecule has 1 saturated heterocycles. The number of hydrogen-bond donors (Lipinski definition) is 2. The lowest BCUT2D eigenvalue weighted by atomic mass is 9.84. The Kier molecular flexibility index (Phi) is 3.32. The number of hydrogen-bond acceptors (Lipinski definition) is 3. The van der Waals surface area contributed by atoms with Gasteiger partial charge in [0.25, 0.3) is 0 Å². The standard InChI is InChI=1S/C14H25N3O/c1-17-6-4-11(5-7-17)16-14(18)12-9-2-3-10(8-9)13(12)15/h9-13H,2-8,15H2,1H3,(H,16,18). The van der Waals surface area contributed by atoms with Crippen LogP contribution in [0, 0.1) is 17.8 Å². The van der Waals surface area contributed by atoms with Crippen molar-refractivity contribution in [3.05, 3.63) is 0 Å². The first-order chi connectivity index (χ1) is 8.65. The summed E-state index contributed by atoms with van der Waals surface area (Å²) < 4.78 is 0. The number of rotatable bonds is 2. The van der Waals surface area contributed by atoms with Crippen molar-refractivity contribution >= 4 is 5.91 Å².